The molecule has 0 saturated carbocycles. The van der Waals surface area contributed by atoms with Crippen molar-refractivity contribution < 1.29 is 13.2 Å². The Hall–Kier alpha value is -0.0900. The summed E-state index contributed by atoms with van der Waals surface area (Å²) in [6, 6.07) is 0. The average Bonchev–Trinajstić information content (AvgIpc) is 1.84. The number of hydrogen-bond acceptors (Lipinski definition) is 3. The zero-order chi connectivity index (χ0) is 5.33. The molecule has 0 spiro atoms. The Labute approximate surface area is 42.2 Å². The molecular weight excluding hydrogens is 116 g/mol. The largest absolute Gasteiger partial charge is 0.357 e. The van der Waals surface area contributed by atoms with Crippen LogP contribution in [0, 0.1) is 5.94 Å². The van der Waals surface area contributed by atoms with E-state index in [4.69, 9.17) is 0 Å². The van der Waals surface area contributed by atoms with E-state index < -0.39 is 9.84 Å². The zero-order valence-corrected chi connectivity index (χ0v) is 4.44. The molecule has 41 valence electrons. The molecule has 1 aliphatic rings. The Morgan fingerprint density at radius 3 is 2.43 bits per heavy atom. The van der Waals surface area contributed by atoms with Gasteiger partial charge in [-0.1, -0.05) is 0 Å². The summed E-state index contributed by atoms with van der Waals surface area (Å²) >= 11 is 0. The summed E-state index contributed by atoms with van der Waals surface area (Å²) in [5.41, 5.74) is 0. The normalized spacial score (nSPS) is 28.0. The second-order valence-corrected chi connectivity index (χ2v) is 3.26. The van der Waals surface area contributed by atoms with Crippen molar-refractivity contribution in [1.82, 2.24) is 0 Å². The van der Waals surface area contributed by atoms with Crippen molar-refractivity contribution in [2.45, 2.75) is 0 Å². The third-order valence-corrected chi connectivity index (χ3v) is 1.87. The zero-order valence-electron chi connectivity index (χ0n) is 3.62. The molecule has 1 radical (unpaired) electrons. The van der Waals surface area contributed by atoms with E-state index in [9.17, 15) is 8.42 Å². The van der Waals surface area contributed by atoms with Gasteiger partial charge < -0.3 is 4.74 Å². The Kier molecular flexibility index (Phi) is 1.05. The lowest BCUT2D eigenvalue weighted by molar-refractivity contribution is 0.265. The van der Waals surface area contributed by atoms with Gasteiger partial charge in [0.1, 0.15) is 0 Å². The van der Waals surface area contributed by atoms with Crippen molar-refractivity contribution in [3.63, 3.8) is 0 Å². The SMILES string of the molecule is O=S1(=O)[CH]OCC1. The van der Waals surface area contributed by atoms with Gasteiger partial charge in [-0.25, -0.2) is 8.42 Å². The first-order valence-electron chi connectivity index (χ1n) is 1.88. The Morgan fingerprint density at radius 2 is 2.29 bits per heavy atom. The third kappa shape index (κ3) is 1.14. The molecule has 0 aromatic rings. The summed E-state index contributed by atoms with van der Waals surface area (Å²) < 4.78 is 24.9. The van der Waals surface area contributed by atoms with Gasteiger partial charge in [0.05, 0.1) is 12.4 Å². The Bertz CT molecular complexity index is 134. The maximum Gasteiger partial charge on any atom is 0.199 e. The van der Waals surface area contributed by atoms with Crippen LogP contribution < -0.4 is 0 Å². The molecule has 0 aliphatic carbocycles. The molecular formula is C3H5O3S. The van der Waals surface area contributed by atoms with Gasteiger partial charge in [0.2, 0.25) is 0 Å². The van der Waals surface area contributed by atoms with Crippen LogP contribution in [0.3, 0.4) is 0 Å². The number of rotatable bonds is 0. The van der Waals surface area contributed by atoms with Gasteiger partial charge in [-0.15, -0.1) is 0 Å². The first-order chi connectivity index (χ1) is 3.21. The fourth-order valence-electron chi connectivity index (χ4n) is 0.364. The molecule has 1 fully saturated rings. The van der Waals surface area contributed by atoms with Gasteiger partial charge >= 0.3 is 0 Å². The molecule has 0 atom stereocenters. The number of sulfone groups is 1. The molecule has 1 aliphatic heterocycles. The summed E-state index contributed by atoms with van der Waals surface area (Å²) in [5, 5.41) is 0. The molecule has 7 heavy (non-hydrogen) atoms. The topological polar surface area (TPSA) is 43.4 Å². The van der Waals surface area contributed by atoms with Crippen LogP contribution >= 0.6 is 0 Å². The lowest BCUT2D eigenvalue weighted by Gasteiger charge is -1.78. The quantitative estimate of drug-likeness (QED) is 0.436. The fourth-order valence-corrected chi connectivity index (χ4v) is 1.09. The highest BCUT2D eigenvalue weighted by Crippen LogP contribution is 2.04. The van der Waals surface area contributed by atoms with E-state index in [-0.39, 0.29) is 5.75 Å². The third-order valence-electron chi connectivity index (χ3n) is 0.700. The van der Waals surface area contributed by atoms with E-state index in [1.165, 1.54) is 0 Å². The van der Waals surface area contributed by atoms with Crippen LogP contribution in [0.1, 0.15) is 0 Å². The molecule has 3 nitrogen and oxygen atoms in total. The average molecular weight is 121 g/mol. The molecule has 0 unspecified atom stereocenters. The van der Waals surface area contributed by atoms with Gasteiger partial charge in [-0.2, -0.15) is 0 Å². The van der Waals surface area contributed by atoms with E-state index in [1.54, 1.807) is 0 Å². The maximum atomic E-state index is 10.2. The van der Waals surface area contributed by atoms with Crippen molar-refractivity contribution in [3.05, 3.63) is 5.94 Å². The minimum absolute atomic E-state index is 0.146. The van der Waals surface area contributed by atoms with Gasteiger partial charge in [0.25, 0.3) is 0 Å². The molecule has 0 bridgehead atoms. The summed E-state index contributed by atoms with van der Waals surface area (Å²) in [6.45, 7) is 0.322. The highest BCUT2D eigenvalue weighted by molar-refractivity contribution is 7.93. The first kappa shape index (κ1) is 5.05. The van der Waals surface area contributed by atoms with Crippen molar-refractivity contribution >= 4 is 9.84 Å². The molecule has 0 aromatic heterocycles. The van der Waals surface area contributed by atoms with Gasteiger partial charge in [0.15, 0.2) is 15.8 Å². The van der Waals surface area contributed by atoms with Gasteiger partial charge in [-0.3, -0.25) is 0 Å². The fraction of sp³-hybridized carbons (Fsp3) is 0.667. The number of ether oxygens (including phenoxy) is 1. The predicted molar refractivity (Wildman–Crippen MR) is 24.0 cm³/mol. The molecule has 1 rings (SSSR count). The summed E-state index contributed by atoms with van der Waals surface area (Å²) in [6.07, 6.45) is 0. The minimum Gasteiger partial charge on any atom is -0.357 e. The molecule has 4 heteroatoms. The van der Waals surface area contributed by atoms with E-state index in [2.05, 4.69) is 4.74 Å². The molecule has 1 heterocycles. The summed E-state index contributed by atoms with van der Waals surface area (Å²) in [5.74, 6) is 1.04. The lowest BCUT2D eigenvalue weighted by atomic mass is 10.9. The van der Waals surface area contributed by atoms with Crippen LogP contribution in [0.25, 0.3) is 0 Å². The summed E-state index contributed by atoms with van der Waals surface area (Å²) in [7, 11) is -2.89. The monoisotopic (exact) mass is 121 g/mol. The van der Waals surface area contributed by atoms with Crippen LogP contribution in [-0.4, -0.2) is 20.8 Å². The lowest BCUT2D eigenvalue weighted by Crippen LogP contribution is -1.95. The van der Waals surface area contributed by atoms with E-state index >= 15 is 0 Å². The van der Waals surface area contributed by atoms with E-state index in [1.807, 2.05) is 0 Å². The van der Waals surface area contributed by atoms with Gasteiger partial charge in [0, 0.05) is 0 Å². The Morgan fingerprint density at radius 1 is 1.57 bits per heavy atom. The maximum absolute atomic E-state index is 10.2. The highest BCUT2D eigenvalue weighted by Gasteiger charge is 2.18. The molecule has 0 amide bonds. The number of hydrogen-bond donors (Lipinski definition) is 0. The standard InChI is InChI=1S/C3H5O3S/c4-7(5)2-1-6-3-7/h3H,1-2H2. The van der Waals surface area contributed by atoms with Crippen LogP contribution in [0.4, 0.5) is 0 Å². The van der Waals surface area contributed by atoms with Crippen molar-refractivity contribution in [1.29, 1.82) is 0 Å². The minimum atomic E-state index is -2.89. The van der Waals surface area contributed by atoms with Crippen molar-refractivity contribution in [3.8, 4) is 0 Å². The second kappa shape index (κ2) is 1.45. The van der Waals surface area contributed by atoms with Crippen LogP contribution in [0.5, 0.6) is 0 Å². The van der Waals surface area contributed by atoms with Crippen molar-refractivity contribution in [2.24, 2.45) is 0 Å². The molecule has 0 aromatic carbocycles. The molecule has 0 N–H and O–H groups in total. The van der Waals surface area contributed by atoms with Crippen LogP contribution in [0.15, 0.2) is 0 Å². The van der Waals surface area contributed by atoms with Crippen molar-refractivity contribution in [2.75, 3.05) is 12.4 Å². The Balaban J connectivity index is 2.76. The van der Waals surface area contributed by atoms with E-state index in [0.717, 1.165) is 5.94 Å². The predicted octanol–water partition coefficient (Wildman–Crippen LogP) is -0.449. The van der Waals surface area contributed by atoms with Crippen LogP contribution in [-0.2, 0) is 14.6 Å². The van der Waals surface area contributed by atoms with E-state index in [0.29, 0.717) is 6.61 Å². The smallest absolute Gasteiger partial charge is 0.199 e. The summed E-state index contributed by atoms with van der Waals surface area (Å²) in [4.78, 5) is 0. The second-order valence-electron chi connectivity index (χ2n) is 1.33. The van der Waals surface area contributed by atoms with Crippen LogP contribution in [0.2, 0.25) is 0 Å². The molecule has 1 saturated heterocycles. The first-order valence-corrected chi connectivity index (χ1v) is 3.60. The highest BCUT2D eigenvalue weighted by atomic mass is 32.2. The van der Waals surface area contributed by atoms with Gasteiger partial charge in [-0.05, 0) is 0 Å².